The quantitative estimate of drug-likeness (QED) is 0.254. The lowest BCUT2D eigenvalue weighted by Crippen LogP contribution is -2.17. The maximum atomic E-state index is 13.0. The van der Waals surface area contributed by atoms with Crippen molar-refractivity contribution in [3.05, 3.63) is 92.8 Å². The summed E-state index contributed by atoms with van der Waals surface area (Å²) in [6.45, 7) is 2.64. The van der Waals surface area contributed by atoms with Crippen molar-refractivity contribution in [2.24, 2.45) is 5.10 Å². The average Bonchev–Trinajstić information content (AvgIpc) is 2.75. The first-order valence-electron chi connectivity index (χ1n) is 9.28. The molecule has 3 rings (SSSR count). The van der Waals surface area contributed by atoms with E-state index in [1.54, 1.807) is 36.4 Å². The molecule has 0 saturated carbocycles. The molecule has 3 aromatic carbocycles. The van der Waals surface area contributed by atoms with E-state index < -0.39 is 0 Å². The van der Waals surface area contributed by atoms with Crippen molar-refractivity contribution in [2.75, 3.05) is 6.61 Å². The summed E-state index contributed by atoms with van der Waals surface area (Å²) in [4.78, 5) is 12.1. The molecule has 0 saturated heterocycles. The summed E-state index contributed by atoms with van der Waals surface area (Å²) in [7, 11) is 0. The first-order chi connectivity index (χ1) is 14.5. The van der Waals surface area contributed by atoms with E-state index in [0.29, 0.717) is 30.3 Å². The van der Waals surface area contributed by atoms with Crippen LogP contribution in [0.2, 0.25) is 0 Å². The van der Waals surface area contributed by atoms with Crippen LogP contribution < -0.4 is 14.9 Å². The van der Waals surface area contributed by atoms with E-state index in [2.05, 4.69) is 33.1 Å². The number of halogens is 2. The van der Waals surface area contributed by atoms with Gasteiger partial charge in [-0.2, -0.15) is 5.10 Å². The maximum Gasteiger partial charge on any atom is 0.271 e. The summed E-state index contributed by atoms with van der Waals surface area (Å²) in [6, 6.07) is 18.7. The average molecular weight is 518 g/mol. The molecule has 0 aliphatic carbocycles. The lowest BCUT2D eigenvalue weighted by molar-refractivity contribution is 0.0955. The van der Waals surface area contributed by atoms with Gasteiger partial charge in [-0.05, 0) is 95.2 Å². The number of hydrogen-bond acceptors (Lipinski definition) is 4. The van der Waals surface area contributed by atoms with Gasteiger partial charge in [-0.25, -0.2) is 9.82 Å². The van der Waals surface area contributed by atoms with Gasteiger partial charge in [0.25, 0.3) is 5.91 Å². The second-order valence-electron chi connectivity index (χ2n) is 6.26. The highest BCUT2D eigenvalue weighted by atomic mass is 127. The minimum atomic E-state index is -0.286. The summed E-state index contributed by atoms with van der Waals surface area (Å²) >= 11 is 2.18. The summed E-state index contributed by atoms with van der Waals surface area (Å²) in [6.07, 6.45) is 1.54. The Morgan fingerprint density at radius 1 is 1.03 bits per heavy atom. The highest BCUT2D eigenvalue weighted by molar-refractivity contribution is 14.1. The summed E-state index contributed by atoms with van der Waals surface area (Å²) in [5, 5.41) is 4.01. The van der Waals surface area contributed by atoms with E-state index in [4.69, 9.17) is 9.47 Å². The fraction of sp³-hybridized carbons (Fsp3) is 0.130. The van der Waals surface area contributed by atoms with Gasteiger partial charge >= 0.3 is 0 Å². The normalized spacial score (nSPS) is 10.8. The Balaban J connectivity index is 1.64. The molecule has 30 heavy (non-hydrogen) atoms. The Kier molecular flexibility index (Phi) is 7.78. The van der Waals surface area contributed by atoms with Gasteiger partial charge in [0.05, 0.1) is 12.8 Å². The Bertz CT molecular complexity index is 1020. The summed E-state index contributed by atoms with van der Waals surface area (Å²) in [5.41, 5.74) is 4.64. The second-order valence-corrected chi connectivity index (χ2v) is 7.51. The number of ether oxygens (including phenoxy) is 2. The fourth-order valence-corrected chi connectivity index (χ4v) is 2.93. The fourth-order valence-electron chi connectivity index (χ4n) is 2.57. The van der Waals surface area contributed by atoms with Crippen LogP contribution in [0.4, 0.5) is 4.39 Å². The Morgan fingerprint density at radius 3 is 2.47 bits per heavy atom. The van der Waals surface area contributed by atoms with Crippen LogP contribution >= 0.6 is 22.6 Å². The molecule has 0 aromatic heterocycles. The van der Waals surface area contributed by atoms with Crippen molar-refractivity contribution in [1.29, 1.82) is 0 Å². The van der Waals surface area contributed by atoms with E-state index in [0.717, 1.165) is 14.7 Å². The number of hydrogen-bond donors (Lipinski definition) is 1. The van der Waals surface area contributed by atoms with Crippen LogP contribution in [0.3, 0.4) is 0 Å². The number of hydrazone groups is 1. The number of rotatable bonds is 8. The largest absolute Gasteiger partial charge is 0.490 e. The lowest BCUT2D eigenvalue weighted by atomic mass is 10.2. The Hall–Kier alpha value is -2.94. The summed E-state index contributed by atoms with van der Waals surface area (Å²) < 4.78 is 25.6. The van der Waals surface area contributed by atoms with Gasteiger partial charge in [-0.1, -0.05) is 12.1 Å². The first-order valence-corrected chi connectivity index (χ1v) is 10.4. The highest BCUT2D eigenvalue weighted by Gasteiger charge is 2.07. The van der Waals surface area contributed by atoms with E-state index >= 15 is 0 Å². The minimum absolute atomic E-state index is 0.285. The molecule has 1 N–H and O–H groups in total. The molecule has 0 unspecified atom stereocenters. The van der Waals surface area contributed by atoms with Crippen molar-refractivity contribution in [1.82, 2.24) is 5.43 Å². The van der Waals surface area contributed by atoms with E-state index in [1.165, 1.54) is 18.3 Å². The maximum absolute atomic E-state index is 13.0. The van der Waals surface area contributed by atoms with Gasteiger partial charge in [0.15, 0.2) is 11.5 Å². The molecular formula is C23H20FIN2O3. The molecule has 7 heteroatoms. The third-order valence-corrected chi connectivity index (χ3v) is 4.78. The molecule has 1 amide bonds. The van der Waals surface area contributed by atoms with E-state index in [9.17, 15) is 9.18 Å². The predicted octanol–water partition coefficient (Wildman–Crippen LogP) is 5.17. The monoisotopic (exact) mass is 518 g/mol. The molecule has 0 aliphatic heterocycles. The molecule has 0 aliphatic rings. The molecule has 0 heterocycles. The molecule has 5 nitrogen and oxygen atoms in total. The second kappa shape index (κ2) is 10.7. The number of carbonyl (C=O) groups is 1. The zero-order valence-corrected chi connectivity index (χ0v) is 18.4. The zero-order valence-electron chi connectivity index (χ0n) is 16.3. The number of benzene rings is 3. The molecule has 3 aromatic rings. The third-order valence-electron chi connectivity index (χ3n) is 4.06. The standard InChI is InChI=1S/C23H20FIN2O3/c1-2-29-22-13-17(14-26-27-23(28)18-6-10-20(25)11-7-18)5-12-21(22)30-15-16-3-8-19(24)9-4-16/h3-14H,2,15H2,1H3,(H,27,28)/b26-14-. The van der Waals surface area contributed by atoms with Gasteiger partial charge < -0.3 is 9.47 Å². The van der Waals surface area contributed by atoms with E-state index in [-0.39, 0.29) is 11.7 Å². The SMILES string of the molecule is CCOc1cc(/C=N\NC(=O)c2ccc(I)cc2)ccc1OCc1ccc(F)cc1. The first kappa shape index (κ1) is 21.8. The zero-order chi connectivity index (χ0) is 21.3. The van der Waals surface area contributed by atoms with Crippen LogP contribution in [-0.2, 0) is 6.61 Å². The van der Waals surface area contributed by atoms with Gasteiger partial charge in [-0.15, -0.1) is 0 Å². The van der Waals surface area contributed by atoms with Crippen LogP contribution in [-0.4, -0.2) is 18.7 Å². The molecular weight excluding hydrogens is 498 g/mol. The highest BCUT2D eigenvalue weighted by Crippen LogP contribution is 2.29. The smallest absolute Gasteiger partial charge is 0.271 e. The van der Waals surface area contributed by atoms with Crippen molar-refractivity contribution < 1.29 is 18.7 Å². The van der Waals surface area contributed by atoms with E-state index in [1.807, 2.05) is 25.1 Å². The number of nitrogens with one attached hydrogen (secondary N) is 1. The number of nitrogens with zero attached hydrogens (tertiary/aromatic N) is 1. The van der Waals surface area contributed by atoms with Gasteiger partial charge in [-0.3, -0.25) is 4.79 Å². The molecule has 0 fully saturated rings. The van der Waals surface area contributed by atoms with Crippen molar-refractivity contribution >= 4 is 34.7 Å². The predicted molar refractivity (Wildman–Crippen MR) is 123 cm³/mol. The van der Waals surface area contributed by atoms with Crippen LogP contribution in [0.1, 0.15) is 28.4 Å². The molecule has 0 radical (unpaired) electrons. The van der Waals surface area contributed by atoms with Crippen LogP contribution in [0.15, 0.2) is 71.8 Å². The summed E-state index contributed by atoms with van der Waals surface area (Å²) in [5.74, 6) is 0.562. The van der Waals surface area contributed by atoms with Crippen LogP contribution in [0, 0.1) is 9.39 Å². The molecule has 154 valence electrons. The van der Waals surface area contributed by atoms with Crippen LogP contribution in [0.25, 0.3) is 0 Å². The van der Waals surface area contributed by atoms with Crippen molar-refractivity contribution in [3.8, 4) is 11.5 Å². The molecule has 0 spiro atoms. The van der Waals surface area contributed by atoms with Crippen molar-refractivity contribution in [3.63, 3.8) is 0 Å². The molecule has 0 bridgehead atoms. The van der Waals surface area contributed by atoms with Gasteiger partial charge in [0.2, 0.25) is 0 Å². The van der Waals surface area contributed by atoms with Gasteiger partial charge in [0, 0.05) is 9.13 Å². The lowest BCUT2D eigenvalue weighted by Gasteiger charge is -2.12. The van der Waals surface area contributed by atoms with Crippen LogP contribution in [0.5, 0.6) is 11.5 Å². The van der Waals surface area contributed by atoms with Gasteiger partial charge in [0.1, 0.15) is 12.4 Å². The minimum Gasteiger partial charge on any atom is -0.490 e. The topological polar surface area (TPSA) is 59.9 Å². The Morgan fingerprint density at radius 2 is 1.77 bits per heavy atom. The number of amides is 1. The molecule has 0 atom stereocenters. The third kappa shape index (κ3) is 6.28. The Labute approximate surface area is 188 Å². The number of carbonyl (C=O) groups excluding carboxylic acids is 1. The van der Waals surface area contributed by atoms with Crippen molar-refractivity contribution in [2.45, 2.75) is 13.5 Å².